The van der Waals surface area contributed by atoms with Gasteiger partial charge in [0.25, 0.3) is 0 Å². The van der Waals surface area contributed by atoms with Crippen molar-refractivity contribution in [2.75, 3.05) is 37.6 Å². The van der Waals surface area contributed by atoms with Gasteiger partial charge < -0.3 is 10.0 Å². The van der Waals surface area contributed by atoms with Crippen molar-refractivity contribution in [3.63, 3.8) is 0 Å². The Labute approximate surface area is 141 Å². The summed E-state index contributed by atoms with van der Waals surface area (Å²) in [7, 11) is 0. The van der Waals surface area contributed by atoms with Crippen molar-refractivity contribution in [2.45, 2.75) is 0 Å². The largest absolute Gasteiger partial charge is 0.478 e. The van der Waals surface area contributed by atoms with Crippen LogP contribution in [0, 0.1) is 0 Å². The monoisotopic (exact) mass is 324 g/mol. The summed E-state index contributed by atoms with van der Waals surface area (Å²) < 4.78 is 0. The van der Waals surface area contributed by atoms with Crippen LogP contribution in [0.2, 0.25) is 0 Å². The average molecular weight is 324 g/mol. The van der Waals surface area contributed by atoms with Crippen molar-refractivity contribution in [3.05, 3.63) is 54.7 Å². The maximum atomic E-state index is 11.5. The zero-order valence-corrected chi connectivity index (χ0v) is 13.4. The van der Waals surface area contributed by atoms with E-state index in [2.05, 4.69) is 26.3 Å². The fraction of sp³-hybridized carbons (Fsp3) is 0.278. The number of carboxylic acid groups (broad SMARTS) is 1. The fourth-order valence-electron chi connectivity index (χ4n) is 2.81. The second-order valence-corrected chi connectivity index (χ2v) is 5.68. The van der Waals surface area contributed by atoms with Crippen molar-refractivity contribution in [1.82, 2.24) is 14.9 Å². The minimum Gasteiger partial charge on any atom is -0.478 e. The number of aromatic nitrogens is 2. The number of hydrogen-bond acceptors (Lipinski definition) is 5. The van der Waals surface area contributed by atoms with Crippen LogP contribution in [0.5, 0.6) is 0 Å². The molecular formula is C18H20N4O2. The van der Waals surface area contributed by atoms with Gasteiger partial charge in [-0.25, -0.2) is 14.8 Å². The Morgan fingerprint density at radius 2 is 1.92 bits per heavy atom. The highest BCUT2D eigenvalue weighted by Gasteiger charge is 2.21. The topological polar surface area (TPSA) is 69.6 Å². The summed E-state index contributed by atoms with van der Waals surface area (Å²) in [6, 6.07) is 9.36. The number of carboxylic acids is 1. The molecule has 1 fully saturated rings. The zero-order chi connectivity index (χ0) is 16.9. The Morgan fingerprint density at radius 1 is 1.21 bits per heavy atom. The Morgan fingerprint density at radius 3 is 2.54 bits per heavy atom. The molecule has 1 saturated heterocycles. The Hall–Kier alpha value is -2.73. The summed E-state index contributed by atoms with van der Waals surface area (Å²) in [6.07, 6.45) is 3.31. The molecule has 0 unspecified atom stereocenters. The summed E-state index contributed by atoms with van der Waals surface area (Å²) in [5.74, 6) is -0.437. The van der Waals surface area contributed by atoms with Gasteiger partial charge in [-0.3, -0.25) is 4.90 Å². The van der Waals surface area contributed by atoms with Gasteiger partial charge in [0, 0.05) is 44.5 Å². The van der Waals surface area contributed by atoms with Crippen LogP contribution in [-0.2, 0) is 0 Å². The summed E-state index contributed by atoms with van der Waals surface area (Å²) in [5.41, 5.74) is 1.36. The highest BCUT2D eigenvalue weighted by molar-refractivity contribution is 5.94. The van der Waals surface area contributed by atoms with Gasteiger partial charge in [0.1, 0.15) is 5.56 Å². The van der Waals surface area contributed by atoms with Crippen molar-refractivity contribution < 1.29 is 9.90 Å². The van der Waals surface area contributed by atoms with Gasteiger partial charge in [0.2, 0.25) is 5.95 Å². The number of nitrogens with zero attached hydrogens (tertiary/aromatic N) is 4. The van der Waals surface area contributed by atoms with E-state index in [1.54, 1.807) is 0 Å². The van der Waals surface area contributed by atoms with E-state index in [-0.39, 0.29) is 5.56 Å². The Balaban J connectivity index is 1.88. The SMILES string of the molecule is C=CCN1CCN(c2ncc(C(=O)O)c(-c3ccccc3)n2)CC1. The Bertz CT molecular complexity index is 725. The highest BCUT2D eigenvalue weighted by atomic mass is 16.4. The number of piperazine rings is 1. The molecule has 6 nitrogen and oxygen atoms in total. The van der Waals surface area contributed by atoms with Crippen LogP contribution < -0.4 is 4.90 Å². The van der Waals surface area contributed by atoms with Gasteiger partial charge in [0.05, 0.1) is 5.69 Å². The predicted molar refractivity (Wildman–Crippen MR) is 93.3 cm³/mol. The molecular weight excluding hydrogens is 304 g/mol. The fourth-order valence-corrected chi connectivity index (χ4v) is 2.81. The number of carbonyl (C=O) groups is 1. The first-order valence-electron chi connectivity index (χ1n) is 7.93. The van der Waals surface area contributed by atoms with Crippen LogP contribution in [0.25, 0.3) is 11.3 Å². The minimum absolute atomic E-state index is 0.121. The third kappa shape index (κ3) is 3.44. The average Bonchev–Trinajstić information content (AvgIpc) is 2.63. The summed E-state index contributed by atoms with van der Waals surface area (Å²) in [5, 5.41) is 9.41. The van der Waals surface area contributed by atoms with Crippen LogP contribution in [0.15, 0.2) is 49.2 Å². The summed E-state index contributed by atoms with van der Waals surface area (Å²) >= 11 is 0. The summed E-state index contributed by atoms with van der Waals surface area (Å²) in [4.78, 5) is 24.7. The third-order valence-corrected chi connectivity index (χ3v) is 4.10. The molecule has 0 saturated carbocycles. The maximum absolute atomic E-state index is 11.5. The normalized spacial score (nSPS) is 15.2. The number of anilines is 1. The van der Waals surface area contributed by atoms with Gasteiger partial charge >= 0.3 is 5.97 Å². The molecule has 1 aromatic heterocycles. The number of aromatic carboxylic acids is 1. The molecule has 3 rings (SSSR count). The second kappa shape index (κ2) is 7.23. The lowest BCUT2D eigenvalue weighted by Crippen LogP contribution is -2.47. The molecule has 0 radical (unpaired) electrons. The highest BCUT2D eigenvalue weighted by Crippen LogP contribution is 2.23. The lowest BCUT2D eigenvalue weighted by Gasteiger charge is -2.34. The van der Waals surface area contributed by atoms with Crippen LogP contribution in [0.1, 0.15) is 10.4 Å². The minimum atomic E-state index is -1.02. The van der Waals surface area contributed by atoms with Gasteiger partial charge in [-0.2, -0.15) is 0 Å². The van der Waals surface area contributed by atoms with Crippen LogP contribution in [0.3, 0.4) is 0 Å². The molecule has 1 aliphatic heterocycles. The van der Waals surface area contributed by atoms with Crippen molar-refractivity contribution >= 4 is 11.9 Å². The van der Waals surface area contributed by atoms with Crippen LogP contribution in [0.4, 0.5) is 5.95 Å². The molecule has 24 heavy (non-hydrogen) atoms. The summed E-state index contributed by atoms with van der Waals surface area (Å²) in [6.45, 7) is 8.10. The number of hydrogen-bond donors (Lipinski definition) is 1. The van der Waals surface area contributed by atoms with Crippen LogP contribution in [-0.4, -0.2) is 58.7 Å². The van der Waals surface area contributed by atoms with Crippen molar-refractivity contribution in [2.24, 2.45) is 0 Å². The number of benzene rings is 1. The molecule has 0 bridgehead atoms. The number of rotatable bonds is 5. The second-order valence-electron chi connectivity index (χ2n) is 5.68. The molecule has 0 atom stereocenters. The first-order chi connectivity index (χ1) is 11.7. The lowest BCUT2D eigenvalue weighted by atomic mass is 10.1. The van der Waals surface area contributed by atoms with E-state index in [1.165, 1.54) is 6.20 Å². The first kappa shape index (κ1) is 16.1. The maximum Gasteiger partial charge on any atom is 0.339 e. The molecule has 6 heteroatoms. The molecule has 1 aromatic carbocycles. The van der Waals surface area contributed by atoms with E-state index in [9.17, 15) is 9.90 Å². The lowest BCUT2D eigenvalue weighted by molar-refractivity contribution is 0.0697. The predicted octanol–water partition coefficient (Wildman–Crippen LogP) is 2.15. The molecule has 0 aliphatic carbocycles. The third-order valence-electron chi connectivity index (χ3n) is 4.10. The van der Waals surface area contributed by atoms with E-state index in [0.717, 1.165) is 38.3 Å². The van der Waals surface area contributed by atoms with Crippen molar-refractivity contribution in [1.29, 1.82) is 0 Å². The van der Waals surface area contributed by atoms with Gasteiger partial charge in [-0.15, -0.1) is 6.58 Å². The van der Waals surface area contributed by atoms with Crippen molar-refractivity contribution in [3.8, 4) is 11.3 Å². The van der Waals surface area contributed by atoms with Gasteiger partial charge in [0.15, 0.2) is 0 Å². The molecule has 1 aliphatic rings. The zero-order valence-electron chi connectivity index (χ0n) is 13.4. The van der Waals surface area contributed by atoms with E-state index in [4.69, 9.17) is 0 Å². The Kier molecular flexibility index (Phi) is 4.86. The van der Waals surface area contributed by atoms with E-state index < -0.39 is 5.97 Å². The van der Waals surface area contributed by atoms with E-state index in [0.29, 0.717) is 11.6 Å². The smallest absolute Gasteiger partial charge is 0.339 e. The van der Waals surface area contributed by atoms with Crippen LogP contribution >= 0.6 is 0 Å². The van der Waals surface area contributed by atoms with Gasteiger partial charge in [-0.1, -0.05) is 36.4 Å². The molecule has 1 N–H and O–H groups in total. The molecule has 0 spiro atoms. The molecule has 0 amide bonds. The molecule has 124 valence electrons. The van der Waals surface area contributed by atoms with E-state index in [1.807, 2.05) is 36.4 Å². The molecule has 2 aromatic rings. The first-order valence-corrected chi connectivity index (χ1v) is 7.93. The molecule has 2 heterocycles. The van der Waals surface area contributed by atoms with Gasteiger partial charge in [-0.05, 0) is 0 Å². The quantitative estimate of drug-likeness (QED) is 0.850. The van der Waals surface area contributed by atoms with E-state index >= 15 is 0 Å². The standard InChI is InChI=1S/C18H20N4O2/c1-2-8-21-9-11-22(12-10-21)18-19-13-15(17(23)24)16(20-18)14-6-4-3-5-7-14/h2-7,13H,1,8-12H2,(H,23,24).